The molecule has 0 atom stereocenters. The standard InChI is InChI=1S/C27H27N3O2S/c1-3-14-28-25(31)22-12-13-23-24(16-22)29-27(33-18-21-11-7-8-19(2)15-21)30(26(23)32)17-20-9-5-4-6-10-20/h4-13,15-16H,3,14,17-18H2,1-2H3,(H,28,31). The molecule has 168 valence electrons. The van der Waals surface area contributed by atoms with E-state index in [0.717, 1.165) is 12.0 Å². The molecule has 1 N–H and O–H groups in total. The SMILES string of the molecule is CCCNC(=O)c1ccc2c(=O)n(Cc3ccccc3)c(SCc3cccc(C)c3)nc2c1. The van der Waals surface area contributed by atoms with Crippen molar-refractivity contribution in [3.63, 3.8) is 0 Å². The lowest BCUT2D eigenvalue weighted by Crippen LogP contribution is -2.26. The fourth-order valence-corrected chi connectivity index (χ4v) is 4.59. The Labute approximate surface area is 197 Å². The Morgan fingerprint density at radius 2 is 1.79 bits per heavy atom. The third-order valence-electron chi connectivity index (χ3n) is 5.35. The van der Waals surface area contributed by atoms with Crippen LogP contribution in [0.3, 0.4) is 0 Å². The smallest absolute Gasteiger partial charge is 0.262 e. The number of hydrogen-bond acceptors (Lipinski definition) is 4. The molecule has 0 aliphatic heterocycles. The molecule has 0 bridgehead atoms. The molecule has 0 aliphatic rings. The van der Waals surface area contributed by atoms with Crippen LogP contribution in [0, 0.1) is 6.92 Å². The summed E-state index contributed by atoms with van der Waals surface area (Å²) in [7, 11) is 0. The van der Waals surface area contributed by atoms with Crippen LogP contribution in [0.25, 0.3) is 10.9 Å². The Hall–Kier alpha value is -3.38. The number of nitrogens with zero attached hydrogens (tertiary/aromatic N) is 2. The van der Waals surface area contributed by atoms with Crippen LogP contribution >= 0.6 is 11.8 Å². The lowest BCUT2D eigenvalue weighted by atomic mass is 10.1. The van der Waals surface area contributed by atoms with Gasteiger partial charge in [-0.05, 0) is 42.7 Å². The van der Waals surface area contributed by atoms with Crippen molar-refractivity contribution in [2.45, 2.75) is 37.7 Å². The number of carbonyl (C=O) groups is 1. The molecule has 5 nitrogen and oxygen atoms in total. The zero-order valence-electron chi connectivity index (χ0n) is 18.9. The van der Waals surface area contributed by atoms with Crippen molar-refractivity contribution in [1.29, 1.82) is 0 Å². The summed E-state index contributed by atoms with van der Waals surface area (Å²) < 4.78 is 1.73. The van der Waals surface area contributed by atoms with Crippen molar-refractivity contribution in [1.82, 2.24) is 14.9 Å². The van der Waals surface area contributed by atoms with Crippen LogP contribution < -0.4 is 10.9 Å². The Balaban J connectivity index is 1.75. The van der Waals surface area contributed by atoms with Crippen molar-refractivity contribution < 1.29 is 4.79 Å². The second-order valence-electron chi connectivity index (χ2n) is 8.04. The van der Waals surface area contributed by atoms with Gasteiger partial charge in [0.05, 0.1) is 17.4 Å². The molecule has 6 heteroatoms. The summed E-state index contributed by atoms with van der Waals surface area (Å²) in [6, 6.07) is 23.4. The van der Waals surface area contributed by atoms with Gasteiger partial charge >= 0.3 is 0 Å². The summed E-state index contributed by atoms with van der Waals surface area (Å²) in [6.45, 7) is 5.13. The number of amides is 1. The summed E-state index contributed by atoms with van der Waals surface area (Å²) >= 11 is 1.54. The van der Waals surface area contributed by atoms with Crippen LogP contribution in [0.15, 0.2) is 82.7 Å². The van der Waals surface area contributed by atoms with E-state index < -0.39 is 0 Å². The van der Waals surface area contributed by atoms with Gasteiger partial charge in [0, 0.05) is 17.9 Å². The maximum atomic E-state index is 13.5. The average molecular weight is 458 g/mol. The van der Waals surface area contributed by atoms with Gasteiger partial charge in [0.1, 0.15) is 0 Å². The molecule has 0 saturated heterocycles. The minimum Gasteiger partial charge on any atom is -0.352 e. The highest BCUT2D eigenvalue weighted by Crippen LogP contribution is 2.24. The summed E-state index contributed by atoms with van der Waals surface area (Å²) in [6.07, 6.45) is 0.863. The van der Waals surface area contributed by atoms with E-state index in [-0.39, 0.29) is 11.5 Å². The Bertz CT molecular complexity index is 1330. The number of fused-ring (bicyclic) bond motifs is 1. The Kier molecular flexibility index (Phi) is 7.25. The Morgan fingerprint density at radius 3 is 2.55 bits per heavy atom. The van der Waals surface area contributed by atoms with Gasteiger partial charge in [-0.1, -0.05) is 78.8 Å². The van der Waals surface area contributed by atoms with Crippen LogP contribution in [-0.2, 0) is 12.3 Å². The first-order valence-electron chi connectivity index (χ1n) is 11.1. The van der Waals surface area contributed by atoms with Gasteiger partial charge in [-0.2, -0.15) is 0 Å². The zero-order valence-corrected chi connectivity index (χ0v) is 19.7. The first-order chi connectivity index (χ1) is 16.0. The van der Waals surface area contributed by atoms with E-state index in [0.29, 0.717) is 40.5 Å². The topological polar surface area (TPSA) is 64.0 Å². The Morgan fingerprint density at radius 1 is 1.00 bits per heavy atom. The molecule has 4 aromatic rings. The molecule has 0 spiro atoms. The maximum absolute atomic E-state index is 13.5. The first kappa shape index (κ1) is 22.8. The van der Waals surface area contributed by atoms with Crippen molar-refractivity contribution in [3.05, 3.63) is 105 Å². The zero-order chi connectivity index (χ0) is 23.2. The highest BCUT2D eigenvalue weighted by atomic mass is 32.2. The summed E-state index contributed by atoms with van der Waals surface area (Å²) in [5.41, 5.74) is 4.36. The van der Waals surface area contributed by atoms with E-state index in [1.165, 1.54) is 22.9 Å². The van der Waals surface area contributed by atoms with Crippen LogP contribution in [0.1, 0.15) is 40.4 Å². The normalized spacial score (nSPS) is 11.0. The molecule has 0 saturated carbocycles. The minimum atomic E-state index is -0.150. The van der Waals surface area contributed by atoms with E-state index in [4.69, 9.17) is 4.98 Å². The quantitative estimate of drug-likeness (QED) is 0.292. The lowest BCUT2D eigenvalue weighted by molar-refractivity contribution is 0.0954. The lowest BCUT2D eigenvalue weighted by Gasteiger charge is -2.14. The van der Waals surface area contributed by atoms with Crippen molar-refractivity contribution in [2.24, 2.45) is 0 Å². The first-order valence-corrected chi connectivity index (χ1v) is 12.1. The van der Waals surface area contributed by atoms with Gasteiger partial charge in [-0.25, -0.2) is 4.98 Å². The molecule has 33 heavy (non-hydrogen) atoms. The van der Waals surface area contributed by atoms with Gasteiger partial charge in [0.2, 0.25) is 0 Å². The third kappa shape index (κ3) is 5.52. The highest BCUT2D eigenvalue weighted by Gasteiger charge is 2.15. The molecule has 1 amide bonds. The summed E-state index contributed by atoms with van der Waals surface area (Å²) in [5, 5.41) is 4.04. The second kappa shape index (κ2) is 10.5. The molecule has 0 aliphatic carbocycles. The fourth-order valence-electron chi connectivity index (χ4n) is 3.65. The number of thioether (sulfide) groups is 1. The van der Waals surface area contributed by atoms with Crippen molar-refractivity contribution in [3.8, 4) is 0 Å². The molecule has 1 aromatic heterocycles. The van der Waals surface area contributed by atoms with E-state index in [9.17, 15) is 9.59 Å². The summed E-state index contributed by atoms with van der Waals surface area (Å²) in [5.74, 6) is 0.549. The van der Waals surface area contributed by atoms with Crippen LogP contribution in [0.5, 0.6) is 0 Å². The number of carbonyl (C=O) groups excluding carboxylic acids is 1. The largest absolute Gasteiger partial charge is 0.352 e. The number of benzene rings is 3. The number of hydrogen-bond donors (Lipinski definition) is 1. The van der Waals surface area contributed by atoms with Crippen LogP contribution in [0.4, 0.5) is 0 Å². The molecule has 0 unspecified atom stereocenters. The molecule has 3 aromatic carbocycles. The van der Waals surface area contributed by atoms with Gasteiger partial charge in [0.15, 0.2) is 5.16 Å². The van der Waals surface area contributed by atoms with Gasteiger partial charge < -0.3 is 5.32 Å². The predicted molar refractivity (Wildman–Crippen MR) is 135 cm³/mol. The third-order valence-corrected chi connectivity index (χ3v) is 6.40. The van der Waals surface area contributed by atoms with Gasteiger partial charge in [-0.15, -0.1) is 0 Å². The number of rotatable bonds is 8. The minimum absolute atomic E-state index is 0.101. The van der Waals surface area contributed by atoms with Crippen LogP contribution in [-0.4, -0.2) is 22.0 Å². The maximum Gasteiger partial charge on any atom is 0.262 e. The second-order valence-corrected chi connectivity index (χ2v) is 8.98. The molecular weight excluding hydrogens is 430 g/mol. The van der Waals surface area contributed by atoms with Crippen molar-refractivity contribution >= 4 is 28.6 Å². The van der Waals surface area contributed by atoms with E-state index in [2.05, 4.69) is 30.4 Å². The molecule has 1 heterocycles. The number of aromatic nitrogens is 2. The number of nitrogens with one attached hydrogen (secondary N) is 1. The fraction of sp³-hybridized carbons (Fsp3) is 0.222. The van der Waals surface area contributed by atoms with Gasteiger partial charge in [-0.3, -0.25) is 14.2 Å². The number of aryl methyl sites for hydroxylation is 1. The van der Waals surface area contributed by atoms with E-state index in [1.54, 1.807) is 22.8 Å². The summed E-state index contributed by atoms with van der Waals surface area (Å²) in [4.78, 5) is 30.8. The van der Waals surface area contributed by atoms with Crippen LogP contribution in [0.2, 0.25) is 0 Å². The molecule has 0 fully saturated rings. The monoisotopic (exact) mass is 457 g/mol. The van der Waals surface area contributed by atoms with E-state index in [1.807, 2.05) is 43.3 Å². The van der Waals surface area contributed by atoms with E-state index >= 15 is 0 Å². The predicted octanol–water partition coefficient (Wildman–Crippen LogP) is 5.19. The molecule has 4 rings (SSSR count). The van der Waals surface area contributed by atoms with Gasteiger partial charge in [0.25, 0.3) is 11.5 Å². The van der Waals surface area contributed by atoms with Crippen molar-refractivity contribution in [2.75, 3.05) is 6.54 Å². The average Bonchev–Trinajstić information content (AvgIpc) is 2.83. The molecule has 0 radical (unpaired) electrons. The molecular formula is C27H27N3O2S. The highest BCUT2D eigenvalue weighted by molar-refractivity contribution is 7.98.